The molecule has 0 bridgehead atoms. The van der Waals surface area contributed by atoms with E-state index < -0.39 is 0 Å². The number of rotatable bonds is 6. The number of aromatic nitrogens is 1. The average molecular weight is 363 g/mol. The van der Waals surface area contributed by atoms with E-state index in [1.54, 1.807) is 18.5 Å². The Labute approximate surface area is 139 Å². The summed E-state index contributed by atoms with van der Waals surface area (Å²) in [5.41, 5.74) is 2.71. The number of benzene rings is 1. The zero-order valence-corrected chi connectivity index (χ0v) is 14.3. The van der Waals surface area contributed by atoms with Gasteiger partial charge in [0, 0.05) is 23.4 Å². The number of hydrogen-bond donors (Lipinski definition) is 1. The number of nitrogens with one attached hydrogen (secondary N) is 1. The second kappa shape index (κ2) is 8.06. The van der Waals surface area contributed by atoms with Crippen molar-refractivity contribution in [3.8, 4) is 0 Å². The van der Waals surface area contributed by atoms with Crippen molar-refractivity contribution in [1.29, 1.82) is 0 Å². The molecule has 2 aromatic rings. The molecule has 0 aliphatic rings. The molecular weight excluding hydrogens is 344 g/mol. The first-order valence-electron chi connectivity index (χ1n) is 7.13. The van der Waals surface area contributed by atoms with Gasteiger partial charge in [0.15, 0.2) is 0 Å². The van der Waals surface area contributed by atoms with Crippen molar-refractivity contribution in [2.45, 2.75) is 33.1 Å². The quantitative estimate of drug-likeness (QED) is 0.852. The molecule has 116 valence electrons. The molecule has 0 saturated heterocycles. The zero-order chi connectivity index (χ0) is 15.9. The van der Waals surface area contributed by atoms with Crippen molar-refractivity contribution in [3.05, 3.63) is 63.9 Å². The first-order valence-corrected chi connectivity index (χ1v) is 7.92. The van der Waals surface area contributed by atoms with E-state index in [2.05, 4.69) is 26.2 Å². The van der Waals surface area contributed by atoms with Crippen LogP contribution in [-0.4, -0.2) is 17.0 Å². The molecule has 0 unspecified atom stereocenters. The monoisotopic (exact) mass is 362 g/mol. The number of carbonyl (C=O) groups excluding carboxylic acids is 1. The number of amides is 1. The number of ether oxygens (including phenoxy) is 1. The fourth-order valence-electron chi connectivity index (χ4n) is 1.84. The second-order valence-corrected chi connectivity index (χ2v) is 6.17. The molecule has 0 aliphatic carbocycles. The van der Waals surface area contributed by atoms with Gasteiger partial charge >= 0.3 is 0 Å². The van der Waals surface area contributed by atoms with Crippen LogP contribution in [0.4, 0.5) is 0 Å². The highest BCUT2D eigenvalue weighted by molar-refractivity contribution is 9.10. The van der Waals surface area contributed by atoms with E-state index >= 15 is 0 Å². The van der Waals surface area contributed by atoms with Gasteiger partial charge in [-0.3, -0.25) is 9.78 Å². The van der Waals surface area contributed by atoms with Crippen molar-refractivity contribution in [1.82, 2.24) is 10.3 Å². The minimum absolute atomic E-state index is 0.138. The largest absolute Gasteiger partial charge is 0.374 e. The fraction of sp³-hybridized carbons (Fsp3) is 0.294. The lowest BCUT2D eigenvalue weighted by atomic mass is 10.1. The maximum atomic E-state index is 12.0. The van der Waals surface area contributed by atoms with Crippen LogP contribution >= 0.6 is 15.9 Å². The lowest BCUT2D eigenvalue weighted by molar-refractivity contribution is 0.0657. The first-order chi connectivity index (χ1) is 10.5. The minimum atomic E-state index is -0.138. The van der Waals surface area contributed by atoms with Crippen molar-refractivity contribution in [2.75, 3.05) is 0 Å². The Balaban J connectivity index is 1.87. The summed E-state index contributed by atoms with van der Waals surface area (Å²) in [5, 5.41) is 2.88. The van der Waals surface area contributed by atoms with E-state index in [4.69, 9.17) is 4.74 Å². The molecule has 2 rings (SSSR count). The van der Waals surface area contributed by atoms with Gasteiger partial charge in [-0.15, -0.1) is 0 Å². The van der Waals surface area contributed by atoms with Gasteiger partial charge in [0.25, 0.3) is 5.91 Å². The van der Waals surface area contributed by atoms with Crippen molar-refractivity contribution in [3.63, 3.8) is 0 Å². The van der Waals surface area contributed by atoms with Crippen molar-refractivity contribution in [2.24, 2.45) is 0 Å². The molecule has 4 nitrogen and oxygen atoms in total. The van der Waals surface area contributed by atoms with Gasteiger partial charge in [-0.25, -0.2) is 0 Å². The average Bonchev–Trinajstić information content (AvgIpc) is 2.51. The molecule has 0 saturated carbocycles. The summed E-state index contributed by atoms with van der Waals surface area (Å²) in [6.07, 6.45) is 3.42. The Morgan fingerprint density at radius 2 is 1.91 bits per heavy atom. The van der Waals surface area contributed by atoms with Crippen molar-refractivity contribution < 1.29 is 9.53 Å². The molecule has 0 radical (unpaired) electrons. The highest BCUT2D eigenvalue weighted by Gasteiger charge is 2.06. The Kier molecular flexibility index (Phi) is 6.10. The van der Waals surface area contributed by atoms with Crippen LogP contribution in [0.2, 0.25) is 0 Å². The van der Waals surface area contributed by atoms with E-state index in [1.165, 1.54) is 0 Å². The van der Waals surface area contributed by atoms with Gasteiger partial charge in [-0.1, -0.05) is 24.3 Å². The summed E-state index contributed by atoms with van der Waals surface area (Å²) in [4.78, 5) is 16.0. The Morgan fingerprint density at radius 1 is 1.23 bits per heavy atom. The third-order valence-corrected chi connectivity index (χ3v) is 3.46. The molecular formula is C17H19BrN2O2. The van der Waals surface area contributed by atoms with E-state index in [0.717, 1.165) is 15.6 Å². The van der Waals surface area contributed by atoms with Crippen LogP contribution in [0, 0.1) is 0 Å². The maximum absolute atomic E-state index is 12.0. The molecule has 1 heterocycles. The molecule has 1 aromatic carbocycles. The molecule has 0 fully saturated rings. The van der Waals surface area contributed by atoms with Crippen LogP contribution in [-0.2, 0) is 17.9 Å². The lowest BCUT2D eigenvalue weighted by Crippen LogP contribution is -2.22. The lowest BCUT2D eigenvalue weighted by Gasteiger charge is -2.09. The van der Waals surface area contributed by atoms with Crippen LogP contribution in [0.5, 0.6) is 0 Å². The topological polar surface area (TPSA) is 51.2 Å². The summed E-state index contributed by atoms with van der Waals surface area (Å²) in [5.74, 6) is -0.138. The fourth-order valence-corrected chi connectivity index (χ4v) is 2.20. The molecule has 22 heavy (non-hydrogen) atoms. The number of carbonyl (C=O) groups is 1. The van der Waals surface area contributed by atoms with E-state index in [9.17, 15) is 4.79 Å². The van der Waals surface area contributed by atoms with Crippen molar-refractivity contribution >= 4 is 21.8 Å². The third kappa shape index (κ3) is 5.24. The molecule has 0 spiro atoms. The molecule has 1 amide bonds. The van der Waals surface area contributed by atoms with Gasteiger partial charge in [0.2, 0.25) is 0 Å². The van der Waals surface area contributed by atoms with Gasteiger partial charge in [0.05, 0.1) is 18.3 Å². The minimum Gasteiger partial charge on any atom is -0.374 e. The normalized spacial score (nSPS) is 10.7. The summed E-state index contributed by atoms with van der Waals surface area (Å²) in [6, 6.07) is 9.78. The Hall–Kier alpha value is -1.72. The van der Waals surface area contributed by atoms with E-state index in [-0.39, 0.29) is 12.0 Å². The number of hydrogen-bond acceptors (Lipinski definition) is 3. The Bertz CT molecular complexity index is 627. The van der Waals surface area contributed by atoms with E-state index in [0.29, 0.717) is 18.7 Å². The standard InChI is InChI=1S/C17H19BrN2O2/c1-12(2)22-11-14-5-3-13(4-6-14)8-20-17(21)15-7-16(18)10-19-9-15/h3-7,9-10,12H,8,11H2,1-2H3,(H,20,21). The van der Waals surface area contributed by atoms with E-state index in [1.807, 2.05) is 38.1 Å². The number of pyridine rings is 1. The van der Waals surface area contributed by atoms with Gasteiger partial charge in [-0.2, -0.15) is 0 Å². The number of nitrogens with zero attached hydrogens (tertiary/aromatic N) is 1. The number of halogens is 1. The maximum Gasteiger partial charge on any atom is 0.253 e. The Morgan fingerprint density at radius 3 is 2.55 bits per heavy atom. The molecule has 1 N–H and O–H groups in total. The summed E-state index contributed by atoms with van der Waals surface area (Å²) < 4.78 is 6.34. The molecule has 0 aliphatic heterocycles. The highest BCUT2D eigenvalue weighted by Crippen LogP contribution is 2.10. The molecule has 0 atom stereocenters. The SMILES string of the molecule is CC(C)OCc1ccc(CNC(=O)c2cncc(Br)c2)cc1. The van der Waals surface area contributed by atoms with Crippen LogP contribution in [0.25, 0.3) is 0 Å². The van der Waals surface area contributed by atoms with Crippen LogP contribution < -0.4 is 5.32 Å². The smallest absolute Gasteiger partial charge is 0.253 e. The van der Waals surface area contributed by atoms with Gasteiger partial charge in [-0.05, 0) is 47.0 Å². The second-order valence-electron chi connectivity index (χ2n) is 5.25. The molecule has 5 heteroatoms. The first kappa shape index (κ1) is 16.6. The predicted molar refractivity (Wildman–Crippen MR) is 89.5 cm³/mol. The summed E-state index contributed by atoms with van der Waals surface area (Å²) >= 11 is 3.30. The van der Waals surface area contributed by atoms with Gasteiger partial charge in [0.1, 0.15) is 0 Å². The van der Waals surface area contributed by atoms with Crippen LogP contribution in [0.15, 0.2) is 47.2 Å². The van der Waals surface area contributed by atoms with Crippen LogP contribution in [0.1, 0.15) is 35.3 Å². The molecule has 1 aromatic heterocycles. The summed E-state index contributed by atoms with van der Waals surface area (Å²) in [7, 11) is 0. The predicted octanol–water partition coefficient (Wildman–Crippen LogP) is 3.70. The highest BCUT2D eigenvalue weighted by atomic mass is 79.9. The third-order valence-electron chi connectivity index (χ3n) is 3.03. The zero-order valence-electron chi connectivity index (χ0n) is 12.7. The van der Waals surface area contributed by atoms with Crippen LogP contribution in [0.3, 0.4) is 0 Å². The van der Waals surface area contributed by atoms with Gasteiger partial charge < -0.3 is 10.1 Å². The summed E-state index contributed by atoms with van der Waals surface area (Å²) in [6.45, 7) is 5.12.